The van der Waals surface area contributed by atoms with E-state index in [4.69, 9.17) is 16.9 Å². The van der Waals surface area contributed by atoms with Crippen molar-refractivity contribution in [1.82, 2.24) is 15.0 Å². The smallest absolute Gasteiger partial charge is 0.141 e. The number of aromatic amines is 1. The van der Waals surface area contributed by atoms with E-state index in [1.807, 2.05) is 38.1 Å². The van der Waals surface area contributed by atoms with Crippen molar-refractivity contribution in [2.24, 2.45) is 5.73 Å². The van der Waals surface area contributed by atoms with Gasteiger partial charge in [0, 0.05) is 22.6 Å². The fourth-order valence-electron chi connectivity index (χ4n) is 2.63. The quantitative estimate of drug-likeness (QED) is 0.458. The van der Waals surface area contributed by atoms with Crippen LogP contribution in [-0.4, -0.2) is 26.7 Å². The van der Waals surface area contributed by atoms with E-state index in [0.29, 0.717) is 22.8 Å². The van der Waals surface area contributed by atoms with Crippen molar-refractivity contribution >= 4 is 33.9 Å². The molecule has 0 saturated heterocycles. The summed E-state index contributed by atoms with van der Waals surface area (Å²) in [6, 6.07) is 7.78. The number of nitrogens with zero attached hydrogens (tertiary/aromatic N) is 2. The molecule has 0 fully saturated rings. The average Bonchev–Trinajstić information content (AvgIpc) is 2.97. The molecular formula is C18H21N7. The number of fused-ring (bicyclic) bond motifs is 1. The van der Waals surface area contributed by atoms with Crippen LogP contribution in [0.1, 0.15) is 30.7 Å². The summed E-state index contributed by atoms with van der Waals surface area (Å²) in [5.41, 5.74) is 15.4. The Morgan fingerprint density at radius 1 is 1.28 bits per heavy atom. The van der Waals surface area contributed by atoms with Gasteiger partial charge in [-0.3, -0.25) is 5.41 Å². The number of anilines is 2. The number of hydrogen-bond donors (Lipinski definition) is 5. The molecule has 0 atom stereocenters. The molecule has 0 bridgehead atoms. The minimum Gasteiger partial charge on any atom is -0.399 e. The third kappa shape index (κ3) is 3.16. The maximum Gasteiger partial charge on any atom is 0.141 e. The Morgan fingerprint density at radius 3 is 2.72 bits per heavy atom. The summed E-state index contributed by atoms with van der Waals surface area (Å²) >= 11 is 0. The van der Waals surface area contributed by atoms with E-state index in [2.05, 4.69) is 26.8 Å². The second kappa shape index (κ2) is 6.27. The first-order chi connectivity index (χ1) is 11.9. The SMILES string of the molecule is C=C(N)c1ccc2[nH]c(C(=N)c3c(N)ncnc3NC(C)C)cc2c1. The largest absolute Gasteiger partial charge is 0.399 e. The number of nitrogens with one attached hydrogen (secondary N) is 3. The molecule has 0 amide bonds. The fraction of sp³-hybridized carbons (Fsp3) is 0.167. The number of rotatable bonds is 5. The molecule has 0 radical (unpaired) electrons. The van der Waals surface area contributed by atoms with Crippen LogP contribution >= 0.6 is 0 Å². The highest BCUT2D eigenvalue weighted by atomic mass is 15.1. The van der Waals surface area contributed by atoms with E-state index >= 15 is 0 Å². The molecule has 0 unspecified atom stereocenters. The van der Waals surface area contributed by atoms with Crippen LogP contribution in [0.2, 0.25) is 0 Å². The minimum atomic E-state index is 0.154. The number of hydrogen-bond acceptors (Lipinski definition) is 6. The van der Waals surface area contributed by atoms with Gasteiger partial charge in [-0.05, 0) is 37.6 Å². The maximum absolute atomic E-state index is 8.59. The molecule has 3 aromatic rings. The zero-order valence-electron chi connectivity index (χ0n) is 14.2. The third-order valence-corrected chi connectivity index (χ3v) is 3.81. The van der Waals surface area contributed by atoms with Crippen molar-refractivity contribution in [2.75, 3.05) is 11.1 Å². The second-order valence-electron chi connectivity index (χ2n) is 6.17. The lowest BCUT2D eigenvalue weighted by atomic mass is 10.1. The van der Waals surface area contributed by atoms with Gasteiger partial charge in [-0.25, -0.2) is 9.97 Å². The Labute approximate surface area is 145 Å². The average molecular weight is 335 g/mol. The number of nitrogen functional groups attached to an aromatic ring is 1. The Balaban J connectivity index is 2.07. The van der Waals surface area contributed by atoms with E-state index in [1.165, 1.54) is 6.33 Å². The summed E-state index contributed by atoms with van der Waals surface area (Å²) in [4.78, 5) is 11.5. The van der Waals surface area contributed by atoms with E-state index in [-0.39, 0.29) is 17.6 Å². The van der Waals surface area contributed by atoms with Gasteiger partial charge in [-0.1, -0.05) is 12.6 Å². The van der Waals surface area contributed by atoms with Gasteiger partial charge in [0.2, 0.25) is 0 Å². The monoisotopic (exact) mass is 335 g/mol. The number of nitrogens with two attached hydrogens (primary N) is 2. The maximum atomic E-state index is 8.59. The van der Waals surface area contributed by atoms with Crippen LogP contribution in [0.4, 0.5) is 11.6 Å². The lowest BCUT2D eigenvalue weighted by molar-refractivity contribution is 0.885. The van der Waals surface area contributed by atoms with Crippen LogP contribution in [-0.2, 0) is 0 Å². The highest BCUT2D eigenvalue weighted by molar-refractivity contribution is 6.16. The van der Waals surface area contributed by atoms with Crippen LogP contribution in [0.3, 0.4) is 0 Å². The first-order valence-electron chi connectivity index (χ1n) is 7.90. The molecule has 0 spiro atoms. The summed E-state index contributed by atoms with van der Waals surface area (Å²) in [7, 11) is 0. The van der Waals surface area contributed by atoms with E-state index in [9.17, 15) is 0 Å². The van der Waals surface area contributed by atoms with Crippen LogP contribution in [0.15, 0.2) is 37.2 Å². The molecule has 0 aliphatic heterocycles. The molecule has 0 aliphatic carbocycles. The minimum absolute atomic E-state index is 0.154. The van der Waals surface area contributed by atoms with Crippen molar-refractivity contribution in [3.05, 3.63) is 54.0 Å². The summed E-state index contributed by atoms with van der Waals surface area (Å²) < 4.78 is 0. The van der Waals surface area contributed by atoms with Gasteiger partial charge >= 0.3 is 0 Å². The predicted octanol–water partition coefficient (Wildman–Crippen LogP) is 2.71. The number of benzene rings is 1. The predicted molar refractivity (Wildman–Crippen MR) is 103 cm³/mol. The lowest BCUT2D eigenvalue weighted by Gasteiger charge is -2.14. The Morgan fingerprint density at radius 2 is 2.04 bits per heavy atom. The number of aromatic nitrogens is 3. The van der Waals surface area contributed by atoms with E-state index in [0.717, 1.165) is 16.5 Å². The molecule has 7 nitrogen and oxygen atoms in total. The molecule has 2 aromatic heterocycles. The van der Waals surface area contributed by atoms with Gasteiger partial charge in [0.05, 0.1) is 17.0 Å². The Hall–Kier alpha value is -3.35. The van der Waals surface area contributed by atoms with Crippen molar-refractivity contribution in [2.45, 2.75) is 19.9 Å². The zero-order valence-corrected chi connectivity index (χ0v) is 14.2. The highest BCUT2D eigenvalue weighted by Gasteiger charge is 2.18. The van der Waals surface area contributed by atoms with Gasteiger partial charge in [0.25, 0.3) is 0 Å². The van der Waals surface area contributed by atoms with Gasteiger partial charge in [0.15, 0.2) is 0 Å². The van der Waals surface area contributed by atoms with Gasteiger partial charge in [-0.2, -0.15) is 0 Å². The van der Waals surface area contributed by atoms with Crippen molar-refractivity contribution < 1.29 is 0 Å². The summed E-state index contributed by atoms with van der Waals surface area (Å²) in [6.07, 6.45) is 1.39. The molecule has 7 heteroatoms. The van der Waals surface area contributed by atoms with Crippen LogP contribution < -0.4 is 16.8 Å². The molecule has 1 aromatic carbocycles. The topological polar surface area (TPSA) is 129 Å². The van der Waals surface area contributed by atoms with Crippen LogP contribution in [0, 0.1) is 5.41 Å². The molecule has 2 heterocycles. The first-order valence-corrected chi connectivity index (χ1v) is 7.90. The standard InChI is InChI=1S/C18H21N7/c1-9(2)24-18-15(17(21)22-8-23-18)16(20)14-7-12-6-11(10(3)19)4-5-13(12)25-14/h4-9,20,25H,3,19H2,1-2H3,(H3,21,22,23,24). The molecule has 7 N–H and O–H groups in total. The highest BCUT2D eigenvalue weighted by Crippen LogP contribution is 2.25. The van der Waals surface area contributed by atoms with Crippen molar-refractivity contribution in [3.63, 3.8) is 0 Å². The van der Waals surface area contributed by atoms with Gasteiger partial charge in [0.1, 0.15) is 18.0 Å². The Kier molecular flexibility index (Phi) is 4.14. The summed E-state index contributed by atoms with van der Waals surface area (Å²) in [5.74, 6) is 0.806. The van der Waals surface area contributed by atoms with Crippen LogP contribution in [0.25, 0.3) is 16.6 Å². The molecule has 0 saturated carbocycles. The lowest BCUT2D eigenvalue weighted by Crippen LogP contribution is -2.18. The normalized spacial score (nSPS) is 11.0. The zero-order chi connectivity index (χ0) is 18.1. The molecule has 128 valence electrons. The van der Waals surface area contributed by atoms with Gasteiger partial charge in [-0.15, -0.1) is 0 Å². The van der Waals surface area contributed by atoms with Crippen molar-refractivity contribution in [1.29, 1.82) is 5.41 Å². The van der Waals surface area contributed by atoms with E-state index in [1.54, 1.807) is 0 Å². The first kappa shape index (κ1) is 16.5. The summed E-state index contributed by atoms with van der Waals surface area (Å²) in [6.45, 7) is 7.75. The molecular weight excluding hydrogens is 314 g/mol. The Bertz CT molecular complexity index is 969. The fourth-order valence-corrected chi connectivity index (χ4v) is 2.63. The van der Waals surface area contributed by atoms with E-state index < -0.39 is 0 Å². The molecule has 3 rings (SSSR count). The number of H-pyrrole nitrogens is 1. The summed E-state index contributed by atoms with van der Waals surface area (Å²) in [5, 5.41) is 12.7. The van der Waals surface area contributed by atoms with Crippen LogP contribution in [0.5, 0.6) is 0 Å². The third-order valence-electron chi connectivity index (χ3n) is 3.81. The second-order valence-corrected chi connectivity index (χ2v) is 6.17. The molecule has 25 heavy (non-hydrogen) atoms. The van der Waals surface area contributed by atoms with Crippen molar-refractivity contribution in [3.8, 4) is 0 Å². The molecule has 0 aliphatic rings. The van der Waals surface area contributed by atoms with Gasteiger partial charge < -0.3 is 21.8 Å².